The van der Waals surface area contributed by atoms with Crippen molar-refractivity contribution in [2.24, 2.45) is 10.2 Å². The second-order valence-corrected chi connectivity index (χ2v) is 9.55. The van der Waals surface area contributed by atoms with E-state index in [4.69, 9.17) is 18.9 Å². The molecule has 14 nitrogen and oxygen atoms in total. The van der Waals surface area contributed by atoms with E-state index in [9.17, 15) is 29.3 Å². The molecule has 2 rings (SSSR count). The number of nitrogens with zero attached hydrogens (tertiary/aromatic N) is 4. The Kier molecular flexibility index (Phi) is 13.8. The molecule has 0 N–H and O–H groups in total. The van der Waals surface area contributed by atoms with E-state index >= 15 is 0 Å². The lowest BCUT2D eigenvalue weighted by Gasteiger charge is -2.24. The van der Waals surface area contributed by atoms with Crippen LogP contribution in [0.3, 0.4) is 0 Å². The predicted octanol–water partition coefficient (Wildman–Crippen LogP) is 5.33. The average Bonchev–Trinajstić information content (AvgIpc) is 3.00. The molecule has 0 fully saturated rings. The van der Waals surface area contributed by atoms with Crippen LogP contribution in [-0.4, -0.2) is 68.3 Å². The van der Waals surface area contributed by atoms with Crippen molar-refractivity contribution in [3.63, 3.8) is 0 Å². The molecule has 0 heterocycles. The van der Waals surface area contributed by atoms with Gasteiger partial charge in [0, 0.05) is 34.5 Å². The third-order valence-corrected chi connectivity index (χ3v) is 5.68. The Morgan fingerprint density at radius 2 is 1.22 bits per heavy atom. The maximum absolute atomic E-state index is 12.7. The third kappa shape index (κ3) is 11.9. The van der Waals surface area contributed by atoms with Crippen LogP contribution >= 0.6 is 0 Å². The molecule has 0 saturated carbocycles. The van der Waals surface area contributed by atoms with Crippen molar-refractivity contribution < 1.29 is 43.0 Å². The standard InChI is InChI=1S/C31H34N4O10/c1-20(2)28(36)42-15-13-34(14-16-43-29(37)21(3)4)24-9-7-23(8-10-24)32-33-27-12-11-25(35(40)41)19-26(27)31(39)45-18-17-44-30(38)22(5)6/h7-12,19H,1,3,5,13-18H2,2,4,6H3. The number of anilines is 1. The lowest BCUT2D eigenvalue weighted by molar-refractivity contribution is -0.384. The van der Waals surface area contributed by atoms with Crippen LogP contribution in [0.5, 0.6) is 0 Å². The maximum Gasteiger partial charge on any atom is 0.340 e. The second-order valence-electron chi connectivity index (χ2n) is 9.55. The number of azo groups is 1. The molecule has 45 heavy (non-hydrogen) atoms. The summed E-state index contributed by atoms with van der Waals surface area (Å²) in [5.74, 6) is -2.63. The van der Waals surface area contributed by atoms with E-state index in [1.165, 1.54) is 32.9 Å². The van der Waals surface area contributed by atoms with E-state index in [1.54, 1.807) is 24.3 Å². The molecule has 0 bridgehead atoms. The molecule has 0 aromatic heterocycles. The summed E-state index contributed by atoms with van der Waals surface area (Å²) in [5.41, 5.74) is 1.22. The van der Waals surface area contributed by atoms with Gasteiger partial charge >= 0.3 is 23.9 Å². The van der Waals surface area contributed by atoms with Crippen molar-refractivity contribution in [2.75, 3.05) is 44.4 Å². The molecular formula is C31H34N4O10. The minimum atomic E-state index is -0.926. The minimum Gasteiger partial charge on any atom is -0.460 e. The van der Waals surface area contributed by atoms with Crippen LogP contribution in [0.25, 0.3) is 0 Å². The first-order chi connectivity index (χ1) is 21.3. The first kappa shape index (κ1) is 35.5. The highest BCUT2D eigenvalue weighted by Gasteiger charge is 2.19. The molecular weight excluding hydrogens is 588 g/mol. The van der Waals surface area contributed by atoms with Crippen LogP contribution < -0.4 is 4.90 Å². The summed E-state index contributed by atoms with van der Waals surface area (Å²) in [4.78, 5) is 60.2. The molecule has 0 unspecified atom stereocenters. The number of carbonyl (C=O) groups is 4. The number of nitro benzene ring substituents is 1. The van der Waals surface area contributed by atoms with Crippen molar-refractivity contribution >= 4 is 46.6 Å². The Labute approximate surface area is 259 Å². The fourth-order valence-electron chi connectivity index (χ4n) is 3.31. The van der Waals surface area contributed by atoms with Gasteiger partial charge in [-0.2, -0.15) is 5.11 Å². The van der Waals surface area contributed by atoms with E-state index < -0.39 is 28.8 Å². The monoisotopic (exact) mass is 622 g/mol. The van der Waals surface area contributed by atoms with E-state index in [2.05, 4.69) is 30.0 Å². The summed E-state index contributed by atoms with van der Waals surface area (Å²) in [6.45, 7) is 15.2. The highest BCUT2D eigenvalue weighted by Crippen LogP contribution is 2.28. The number of hydrogen-bond acceptors (Lipinski definition) is 13. The molecule has 238 valence electrons. The number of ether oxygens (including phenoxy) is 4. The van der Waals surface area contributed by atoms with Gasteiger partial charge in [-0.25, -0.2) is 19.2 Å². The summed E-state index contributed by atoms with van der Waals surface area (Å²) in [6.07, 6.45) is 0. The van der Waals surface area contributed by atoms with Crippen LogP contribution in [0, 0.1) is 10.1 Å². The maximum atomic E-state index is 12.7. The normalized spacial score (nSPS) is 10.5. The van der Waals surface area contributed by atoms with Gasteiger partial charge in [-0.3, -0.25) is 10.1 Å². The van der Waals surface area contributed by atoms with E-state index in [0.717, 1.165) is 6.07 Å². The number of esters is 4. The van der Waals surface area contributed by atoms with Crippen LogP contribution in [0.4, 0.5) is 22.7 Å². The van der Waals surface area contributed by atoms with Crippen molar-refractivity contribution in [3.05, 3.63) is 94.6 Å². The molecule has 2 aromatic rings. The smallest absolute Gasteiger partial charge is 0.340 e. The van der Waals surface area contributed by atoms with Crippen LogP contribution in [0.2, 0.25) is 0 Å². The molecule has 14 heteroatoms. The summed E-state index contributed by atoms with van der Waals surface area (Å²) >= 11 is 0. The van der Waals surface area contributed by atoms with E-state index in [0.29, 0.717) is 11.4 Å². The fourth-order valence-corrected chi connectivity index (χ4v) is 3.31. The first-order valence-electron chi connectivity index (χ1n) is 13.5. The van der Waals surface area contributed by atoms with Gasteiger partial charge in [0.15, 0.2) is 0 Å². The topological polar surface area (TPSA) is 176 Å². The summed E-state index contributed by atoms with van der Waals surface area (Å²) in [6, 6.07) is 10.1. The lowest BCUT2D eigenvalue weighted by Crippen LogP contribution is -2.32. The van der Waals surface area contributed by atoms with Gasteiger partial charge in [0.2, 0.25) is 0 Å². The Hall–Kier alpha value is -5.66. The molecule has 0 amide bonds. The quantitative estimate of drug-likeness (QED) is 0.0424. The van der Waals surface area contributed by atoms with Gasteiger partial charge in [0.1, 0.15) is 32.1 Å². The lowest BCUT2D eigenvalue weighted by atomic mass is 10.1. The van der Waals surface area contributed by atoms with Gasteiger partial charge in [0.05, 0.1) is 29.3 Å². The first-order valence-corrected chi connectivity index (χ1v) is 13.5. The van der Waals surface area contributed by atoms with Gasteiger partial charge in [-0.15, -0.1) is 5.11 Å². The number of carbonyl (C=O) groups excluding carboxylic acids is 4. The SMILES string of the molecule is C=C(C)C(=O)OCCOC(=O)c1cc([N+](=O)[O-])ccc1N=Nc1ccc(N(CCOC(=O)C(=C)C)CCOC(=O)C(=C)C)cc1. The van der Waals surface area contributed by atoms with E-state index in [-0.39, 0.29) is 73.2 Å². The van der Waals surface area contributed by atoms with E-state index in [1.807, 2.05) is 4.90 Å². The zero-order valence-electron chi connectivity index (χ0n) is 25.3. The molecule has 0 saturated heterocycles. The molecule has 0 aliphatic heterocycles. The second kappa shape index (κ2) is 17.5. The Morgan fingerprint density at radius 3 is 1.71 bits per heavy atom. The molecule has 0 radical (unpaired) electrons. The number of hydrogen-bond donors (Lipinski definition) is 0. The largest absolute Gasteiger partial charge is 0.460 e. The van der Waals surface area contributed by atoms with Crippen molar-refractivity contribution in [1.82, 2.24) is 0 Å². The Balaban J connectivity index is 2.19. The Morgan fingerprint density at radius 1 is 0.733 bits per heavy atom. The van der Waals surface area contributed by atoms with Crippen LogP contribution in [0.15, 0.2) is 89.1 Å². The summed E-state index contributed by atoms with van der Waals surface area (Å²) < 4.78 is 20.4. The van der Waals surface area contributed by atoms with Gasteiger partial charge < -0.3 is 23.8 Å². The molecule has 0 aliphatic carbocycles. The third-order valence-electron chi connectivity index (χ3n) is 5.68. The number of benzene rings is 2. The van der Waals surface area contributed by atoms with Crippen molar-refractivity contribution in [1.29, 1.82) is 0 Å². The Bertz CT molecular complexity index is 1470. The highest BCUT2D eigenvalue weighted by molar-refractivity contribution is 5.95. The molecule has 0 spiro atoms. The van der Waals surface area contributed by atoms with Crippen LogP contribution in [-0.2, 0) is 33.3 Å². The molecule has 0 aliphatic rings. The van der Waals surface area contributed by atoms with Gasteiger partial charge in [-0.1, -0.05) is 19.7 Å². The number of rotatable bonds is 17. The minimum absolute atomic E-state index is 0.00823. The molecule has 0 atom stereocenters. The number of nitro groups is 1. The number of non-ortho nitro benzene ring substituents is 1. The average molecular weight is 623 g/mol. The van der Waals surface area contributed by atoms with Crippen molar-refractivity contribution in [2.45, 2.75) is 20.8 Å². The zero-order valence-corrected chi connectivity index (χ0v) is 25.3. The van der Waals surface area contributed by atoms with Gasteiger partial charge in [0.25, 0.3) is 5.69 Å². The highest BCUT2D eigenvalue weighted by atomic mass is 16.6. The summed E-state index contributed by atoms with van der Waals surface area (Å²) in [5, 5.41) is 19.5. The van der Waals surface area contributed by atoms with Crippen LogP contribution in [0.1, 0.15) is 31.1 Å². The zero-order chi connectivity index (χ0) is 33.5. The predicted molar refractivity (Wildman–Crippen MR) is 164 cm³/mol. The van der Waals surface area contributed by atoms with Crippen molar-refractivity contribution in [3.8, 4) is 0 Å². The molecule has 2 aromatic carbocycles. The fraction of sp³-hybridized carbons (Fsp3) is 0.290. The summed E-state index contributed by atoms with van der Waals surface area (Å²) in [7, 11) is 0. The van der Waals surface area contributed by atoms with Gasteiger partial charge in [-0.05, 0) is 51.1 Å².